The van der Waals surface area contributed by atoms with E-state index in [2.05, 4.69) is 43.5 Å². The molecule has 4 heteroatoms. The number of aryl methyl sites for hydroxylation is 1. The van der Waals surface area contributed by atoms with Gasteiger partial charge in [-0.15, -0.1) is 0 Å². The van der Waals surface area contributed by atoms with E-state index in [9.17, 15) is 0 Å². The van der Waals surface area contributed by atoms with Gasteiger partial charge in [0.15, 0.2) is 0 Å². The van der Waals surface area contributed by atoms with Gasteiger partial charge in [0.1, 0.15) is 0 Å². The van der Waals surface area contributed by atoms with E-state index in [0.29, 0.717) is 12.0 Å². The lowest BCUT2D eigenvalue weighted by Crippen LogP contribution is -2.42. The first-order valence-electron chi connectivity index (χ1n) is 8.07. The second kappa shape index (κ2) is 7.57. The zero-order chi connectivity index (χ0) is 15.2. The molecule has 3 N–H and O–H groups in total. The highest BCUT2D eigenvalue weighted by molar-refractivity contribution is 5.81. The SMILES string of the molecule is CCCCC(CC)C(Cc1nn(C)c2ccccc12)NN. The first-order valence-corrected chi connectivity index (χ1v) is 8.07. The van der Waals surface area contributed by atoms with Crippen LogP contribution in [0.25, 0.3) is 10.9 Å². The van der Waals surface area contributed by atoms with Crippen molar-refractivity contribution in [3.63, 3.8) is 0 Å². The predicted molar refractivity (Wildman–Crippen MR) is 88.8 cm³/mol. The smallest absolute Gasteiger partial charge is 0.0719 e. The Bertz CT molecular complexity index is 561. The van der Waals surface area contributed by atoms with Crippen LogP contribution in [0.4, 0.5) is 0 Å². The lowest BCUT2D eigenvalue weighted by molar-refractivity contribution is 0.317. The number of nitrogens with zero attached hydrogens (tertiary/aromatic N) is 2. The highest BCUT2D eigenvalue weighted by Gasteiger charge is 2.21. The van der Waals surface area contributed by atoms with Gasteiger partial charge in [-0.2, -0.15) is 5.10 Å². The van der Waals surface area contributed by atoms with Crippen LogP contribution in [0.5, 0.6) is 0 Å². The third kappa shape index (κ3) is 3.63. The largest absolute Gasteiger partial charge is 0.271 e. The van der Waals surface area contributed by atoms with Crippen LogP contribution in [0, 0.1) is 5.92 Å². The van der Waals surface area contributed by atoms with Gasteiger partial charge in [-0.05, 0) is 18.4 Å². The fourth-order valence-electron chi connectivity index (χ4n) is 3.17. The van der Waals surface area contributed by atoms with Gasteiger partial charge in [-0.3, -0.25) is 16.0 Å². The molecule has 0 bridgehead atoms. The molecule has 0 radical (unpaired) electrons. The Kier molecular flexibility index (Phi) is 5.76. The summed E-state index contributed by atoms with van der Waals surface area (Å²) in [6, 6.07) is 8.69. The standard InChI is InChI=1S/C17H28N4/c1-4-6-9-13(5-2)15(19-18)12-16-14-10-7-8-11-17(14)21(3)20-16/h7-8,10-11,13,15,19H,4-6,9,12,18H2,1-3H3. The number of unbranched alkanes of at least 4 members (excludes halogenated alkanes) is 1. The highest BCUT2D eigenvalue weighted by atomic mass is 15.3. The number of hydrazine groups is 1. The van der Waals surface area contributed by atoms with Crippen LogP contribution in [0.3, 0.4) is 0 Å². The van der Waals surface area contributed by atoms with Crippen molar-refractivity contribution in [1.29, 1.82) is 0 Å². The topological polar surface area (TPSA) is 55.9 Å². The fraction of sp³-hybridized carbons (Fsp3) is 0.588. The van der Waals surface area contributed by atoms with Crippen LogP contribution >= 0.6 is 0 Å². The molecule has 0 aliphatic carbocycles. The summed E-state index contributed by atoms with van der Waals surface area (Å²) >= 11 is 0. The van der Waals surface area contributed by atoms with Gasteiger partial charge in [-0.25, -0.2) is 0 Å². The highest BCUT2D eigenvalue weighted by Crippen LogP contribution is 2.23. The van der Waals surface area contributed by atoms with Crippen LogP contribution in [-0.4, -0.2) is 15.8 Å². The Labute approximate surface area is 127 Å². The first kappa shape index (κ1) is 16.0. The number of nitrogens with two attached hydrogens (primary N) is 1. The monoisotopic (exact) mass is 288 g/mol. The van der Waals surface area contributed by atoms with E-state index in [1.165, 1.54) is 30.2 Å². The summed E-state index contributed by atoms with van der Waals surface area (Å²) in [6.07, 6.45) is 5.77. The molecule has 4 nitrogen and oxygen atoms in total. The summed E-state index contributed by atoms with van der Waals surface area (Å²) < 4.78 is 1.96. The van der Waals surface area contributed by atoms with Gasteiger partial charge in [0, 0.05) is 24.9 Å². The average Bonchev–Trinajstić information content (AvgIpc) is 2.83. The molecule has 0 aliphatic rings. The first-order chi connectivity index (χ1) is 10.2. The third-order valence-corrected chi connectivity index (χ3v) is 4.48. The molecule has 116 valence electrons. The number of rotatable bonds is 8. The predicted octanol–water partition coefficient (Wildman–Crippen LogP) is 3.16. The van der Waals surface area contributed by atoms with E-state index in [-0.39, 0.29) is 0 Å². The van der Waals surface area contributed by atoms with Crippen LogP contribution in [0.2, 0.25) is 0 Å². The molecule has 2 aromatic rings. The number of benzene rings is 1. The summed E-state index contributed by atoms with van der Waals surface area (Å²) in [5.74, 6) is 6.44. The van der Waals surface area contributed by atoms with Crippen LogP contribution < -0.4 is 11.3 Å². The maximum Gasteiger partial charge on any atom is 0.0719 e. The molecule has 0 aliphatic heterocycles. The van der Waals surface area contributed by atoms with E-state index in [0.717, 1.165) is 18.5 Å². The Balaban J connectivity index is 2.20. The Hall–Kier alpha value is -1.39. The molecule has 0 saturated heterocycles. The molecule has 2 atom stereocenters. The molecule has 1 aromatic heterocycles. The summed E-state index contributed by atoms with van der Waals surface area (Å²) in [7, 11) is 2.01. The minimum Gasteiger partial charge on any atom is -0.271 e. The molecule has 1 heterocycles. The molecule has 0 amide bonds. The van der Waals surface area contributed by atoms with Gasteiger partial charge in [0.2, 0.25) is 0 Å². The second-order valence-electron chi connectivity index (χ2n) is 5.88. The number of hydrogen-bond donors (Lipinski definition) is 2. The number of fused-ring (bicyclic) bond motifs is 1. The van der Waals surface area contributed by atoms with E-state index < -0.39 is 0 Å². The lowest BCUT2D eigenvalue weighted by atomic mass is 9.88. The molecule has 2 rings (SSSR count). The van der Waals surface area contributed by atoms with Crippen molar-refractivity contribution in [3.8, 4) is 0 Å². The van der Waals surface area contributed by atoms with Crippen LogP contribution in [0.15, 0.2) is 24.3 Å². The quantitative estimate of drug-likeness (QED) is 0.579. The van der Waals surface area contributed by atoms with Crippen molar-refractivity contribution in [2.24, 2.45) is 18.8 Å². The Morgan fingerprint density at radius 2 is 2.05 bits per heavy atom. The second-order valence-corrected chi connectivity index (χ2v) is 5.88. The summed E-state index contributed by atoms with van der Waals surface area (Å²) in [5, 5.41) is 5.94. The molecular weight excluding hydrogens is 260 g/mol. The van der Waals surface area contributed by atoms with Crippen LogP contribution in [0.1, 0.15) is 45.2 Å². The molecule has 0 fully saturated rings. The van der Waals surface area contributed by atoms with Gasteiger partial charge < -0.3 is 0 Å². The normalized spacial score (nSPS) is 14.5. The van der Waals surface area contributed by atoms with Crippen LogP contribution in [-0.2, 0) is 13.5 Å². The number of aromatic nitrogens is 2. The number of para-hydroxylation sites is 1. The molecule has 0 saturated carbocycles. The lowest BCUT2D eigenvalue weighted by Gasteiger charge is -2.25. The molecule has 2 unspecified atom stereocenters. The zero-order valence-corrected chi connectivity index (χ0v) is 13.5. The van der Waals surface area contributed by atoms with Gasteiger partial charge in [0.05, 0.1) is 11.2 Å². The third-order valence-electron chi connectivity index (χ3n) is 4.48. The fourth-order valence-corrected chi connectivity index (χ4v) is 3.17. The maximum absolute atomic E-state index is 5.84. The molecule has 21 heavy (non-hydrogen) atoms. The van der Waals surface area contributed by atoms with Crippen molar-refractivity contribution in [2.45, 2.75) is 52.0 Å². The minimum atomic E-state index is 0.292. The molecular formula is C17H28N4. The zero-order valence-electron chi connectivity index (χ0n) is 13.5. The molecule has 1 aromatic carbocycles. The molecule has 0 spiro atoms. The number of hydrogen-bond acceptors (Lipinski definition) is 3. The van der Waals surface area contributed by atoms with Crippen molar-refractivity contribution in [2.75, 3.05) is 0 Å². The summed E-state index contributed by atoms with van der Waals surface area (Å²) in [5.41, 5.74) is 5.36. The summed E-state index contributed by atoms with van der Waals surface area (Å²) in [6.45, 7) is 4.49. The van der Waals surface area contributed by atoms with E-state index >= 15 is 0 Å². The van der Waals surface area contributed by atoms with E-state index in [4.69, 9.17) is 10.9 Å². The maximum atomic E-state index is 5.84. The van der Waals surface area contributed by atoms with E-state index in [1.54, 1.807) is 0 Å². The minimum absolute atomic E-state index is 0.292. The van der Waals surface area contributed by atoms with Gasteiger partial charge in [0.25, 0.3) is 0 Å². The summed E-state index contributed by atoms with van der Waals surface area (Å²) in [4.78, 5) is 0. The van der Waals surface area contributed by atoms with Crippen molar-refractivity contribution in [1.82, 2.24) is 15.2 Å². The van der Waals surface area contributed by atoms with Crippen molar-refractivity contribution >= 4 is 10.9 Å². The van der Waals surface area contributed by atoms with E-state index in [1.807, 2.05) is 11.7 Å². The van der Waals surface area contributed by atoms with Crippen molar-refractivity contribution in [3.05, 3.63) is 30.0 Å². The Morgan fingerprint density at radius 1 is 1.29 bits per heavy atom. The Morgan fingerprint density at radius 3 is 2.71 bits per heavy atom. The van der Waals surface area contributed by atoms with Crippen molar-refractivity contribution < 1.29 is 0 Å². The number of nitrogens with one attached hydrogen (secondary N) is 1. The average molecular weight is 288 g/mol. The van der Waals surface area contributed by atoms with Gasteiger partial charge in [-0.1, -0.05) is 51.3 Å². The van der Waals surface area contributed by atoms with Gasteiger partial charge >= 0.3 is 0 Å².